The molecule has 8 aromatic rings. The standard InChI is InChI=1S/C38H24N4S/c1-4-14-26(15-5-1)35-40-36(27-16-6-2-7-17-27)42-37(41-35)32-24-23-31(30-22-12-20-25-13-10-11-21-29(25)30)33-34(32)43-38(39-33)28-18-8-3-9-19-28/h1-24H. The molecule has 0 radical (unpaired) electrons. The van der Waals surface area contributed by atoms with Gasteiger partial charge in [-0.3, -0.25) is 0 Å². The summed E-state index contributed by atoms with van der Waals surface area (Å²) < 4.78 is 1.05. The summed E-state index contributed by atoms with van der Waals surface area (Å²) in [6.45, 7) is 0. The smallest absolute Gasteiger partial charge is 0.165 e. The Hall–Kier alpha value is -5.52. The predicted octanol–water partition coefficient (Wildman–Crippen LogP) is 9.97. The summed E-state index contributed by atoms with van der Waals surface area (Å²) in [6, 6.07) is 49.8. The third-order valence-corrected chi connectivity index (χ3v) is 8.72. The molecule has 0 aliphatic carbocycles. The van der Waals surface area contributed by atoms with Crippen LogP contribution in [0.15, 0.2) is 146 Å². The summed E-state index contributed by atoms with van der Waals surface area (Å²) in [7, 11) is 0. The minimum atomic E-state index is 0.630. The molecular formula is C38H24N4S. The van der Waals surface area contributed by atoms with E-state index in [-0.39, 0.29) is 0 Å². The Balaban J connectivity index is 1.40. The first-order valence-electron chi connectivity index (χ1n) is 14.2. The number of thiazole rings is 1. The second-order valence-corrected chi connectivity index (χ2v) is 11.3. The highest BCUT2D eigenvalue weighted by Crippen LogP contribution is 2.42. The summed E-state index contributed by atoms with van der Waals surface area (Å²) in [5.74, 6) is 1.91. The van der Waals surface area contributed by atoms with E-state index >= 15 is 0 Å². The van der Waals surface area contributed by atoms with E-state index < -0.39 is 0 Å². The Morgan fingerprint density at radius 2 is 0.907 bits per heavy atom. The lowest BCUT2D eigenvalue weighted by Crippen LogP contribution is -2.00. The van der Waals surface area contributed by atoms with Gasteiger partial charge in [0.25, 0.3) is 0 Å². The Bertz CT molecular complexity index is 2160. The largest absolute Gasteiger partial charge is 0.235 e. The fourth-order valence-electron chi connectivity index (χ4n) is 5.49. The van der Waals surface area contributed by atoms with Gasteiger partial charge in [0.05, 0.1) is 10.2 Å². The Morgan fingerprint density at radius 3 is 1.58 bits per heavy atom. The molecule has 4 nitrogen and oxygen atoms in total. The average molecular weight is 569 g/mol. The molecule has 0 saturated heterocycles. The van der Waals surface area contributed by atoms with E-state index in [4.69, 9.17) is 19.9 Å². The van der Waals surface area contributed by atoms with Crippen LogP contribution in [-0.4, -0.2) is 19.9 Å². The van der Waals surface area contributed by atoms with Crippen LogP contribution in [0, 0.1) is 0 Å². The Kier molecular flexibility index (Phi) is 6.28. The first kappa shape index (κ1) is 25.2. The summed E-state index contributed by atoms with van der Waals surface area (Å²) in [4.78, 5) is 20.2. The van der Waals surface area contributed by atoms with Crippen molar-refractivity contribution in [3.8, 4) is 55.9 Å². The minimum absolute atomic E-state index is 0.630. The van der Waals surface area contributed by atoms with Crippen molar-refractivity contribution < 1.29 is 0 Å². The number of fused-ring (bicyclic) bond motifs is 2. The highest BCUT2D eigenvalue weighted by molar-refractivity contribution is 7.22. The molecule has 0 fully saturated rings. The van der Waals surface area contributed by atoms with Gasteiger partial charge >= 0.3 is 0 Å². The molecule has 6 aromatic carbocycles. The van der Waals surface area contributed by atoms with Crippen molar-refractivity contribution in [3.63, 3.8) is 0 Å². The lowest BCUT2D eigenvalue weighted by atomic mass is 9.96. The van der Waals surface area contributed by atoms with Gasteiger partial charge in [-0.1, -0.05) is 140 Å². The number of aromatic nitrogens is 4. The van der Waals surface area contributed by atoms with Crippen LogP contribution in [0.4, 0.5) is 0 Å². The molecule has 0 spiro atoms. The van der Waals surface area contributed by atoms with Crippen molar-refractivity contribution in [2.75, 3.05) is 0 Å². The van der Waals surface area contributed by atoms with Crippen LogP contribution < -0.4 is 0 Å². The minimum Gasteiger partial charge on any atom is -0.235 e. The average Bonchev–Trinajstić information content (AvgIpc) is 3.54. The zero-order valence-electron chi connectivity index (χ0n) is 23.1. The number of rotatable bonds is 5. The topological polar surface area (TPSA) is 51.6 Å². The molecule has 0 unspecified atom stereocenters. The highest BCUT2D eigenvalue weighted by Gasteiger charge is 2.20. The maximum Gasteiger partial charge on any atom is 0.165 e. The molecule has 0 aliphatic rings. The van der Waals surface area contributed by atoms with E-state index in [0.717, 1.165) is 48.6 Å². The van der Waals surface area contributed by atoms with Gasteiger partial charge in [-0.15, -0.1) is 11.3 Å². The lowest BCUT2D eigenvalue weighted by molar-refractivity contribution is 1.08. The van der Waals surface area contributed by atoms with Crippen LogP contribution in [-0.2, 0) is 0 Å². The molecule has 8 rings (SSSR count). The van der Waals surface area contributed by atoms with Crippen LogP contribution >= 0.6 is 11.3 Å². The van der Waals surface area contributed by atoms with Crippen molar-refractivity contribution >= 4 is 32.3 Å². The molecule has 202 valence electrons. The van der Waals surface area contributed by atoms with Crippen LogP contribution in [0.2, 0.25) is 0 Å². The van der Waals surface area contributed by atoms with Crippen molar-refractivity contribution in [3.05, 3.63) is 146 Å². The van der Waals surface area contributed by atoms with Crippen molar-refractivity contribution in [2.24, 2.45) is 0 Å². The molecule has 2 aromatic heterocycles. The quantitative estimate of drug-likeness (QED) is 0.207. The fourth-order valence-corrected chi connectivity index (χ4v) is 6.60. The summed E-state index contributed by atoms with van der Waals surface area (Å²) >= 11 is 1.68. The normalized spacial score (nSPS) is 11.3. The third kappa shape index (κ3) is 4.66. The van der Waals surface area contributed by atoms with Crippen LogP contribution in [0.1, 0.15) is 0 Å². The highest BCUT2D eigenvalue weighted by atomic mass is 32.1. The maximum absolute atomic E-state index is 5.26. The molecule has 0 N–H and O–H groups in total. The molecule has 0 bridgehead atoms. The number of benzene rings is 6. The summed E-state index contributed by atoms with van der Waals surface area (Å²) in [6.07, 6.45) is 0. The van der Waals surface area contributed by atoms with E-state index in [1.807, 2.05) is 66.7 Å². The molecule has 0 aliphatic heterocycles. The van der Waals surface area contributed by atoms with E-state index in [1.165, 1.54) is 10.8 Å². The van der Waals surface area contributed by atoms with Crippen LogP contribution in [0.3, 0.4) is 0 Å². The summed E-state index contributed by atoms with van der Waals surface area (Å²) in [5.41, 5.74) is 7.11. The SMILES string of the molecule is c1ccc(-c2nc(-c3ccccc3)nc(-c3ccc(-c4cccc5ccccc45)c4nc(-c5ccccc5)sc34)n2)cc1. The van der Waals surface area contributed by atoms with Crippen molar-refractivity contribution in [1.29, 1.82) is 0 Å². The molecule has 5 heteroatoms. The van der Waals surface area contributed by atoms with Crippen molar-refractivity contribution in [2.45, 2.75) is 0 Å². The Labute approximate surface area is 253 Å². The fraction of sp³-hybridized carbons (Fsp3) is 0. The maximum atomic E-state index is 5.26. The van der Waals surface area contributed by atoms with E-state index in [0.29, 0.717) is 17.5 Å². The van der Waals surface area contributed by atoms with Crippen molar-refractivity contribution in [1.82, 2.24) is 19.9 Å². The van der Waals surface area contributed by atoms with Gasteiger partial charge in [0.15, 0.2) is 17.5 Å². The first-order valence-corrected chi connectivity index (χ1v) is 15.0. The van der Waals surface area contributed by atoms with Gasteiger partial charge in [-0.05, 0) is 22.4 Å². The van der Waals surface area contributed by atoms with Gasteiger partial charge in [-0.2, -0.15) is 0 Å². The predicted molar refractivity (Wildman–Crippen MR) is 178 cm³/mol. The number of hydrogen-bond donors (Lipinski definition) is 0. The third-order valence-electron chi connectivity index (χ3n) is 7.58. The molecule has 0 atom stereocenters. The van der Waals surface area contributed by atoms with Gasteiger partial charge < -0.3 is 0 Å². The van der Waals surface area contributed by atoms with Crippen LogP contribution in [0.25, 0.3) is 76.9 Å². The van der Waals surface area contributed by atoms with E-state index in [9.17, 15) is 0 Å². The second kappa shape index (κ2) is 10.7. The Morgan fingerprint density at radius 1 is 0.372 bits per heavy atom. The van der Waals surface area contributed by atoms with E-state index in [2.05, 4.69) is 78.9 Å². The molecular weight excluding hydrogens is 545 g/mol. The summed E-state index contributed by atoms with van der Waals surface area (Å²) in [5, 5.41) is 3.37. The van der Waals surface area contributed by atoms with Gasteiger partial charge in [0, 0.05) is 27.8 Å². The molecule has 2 heterocycles. The van der Waals surface area contributed by atoms with E-state index in [1.54, 1.807) is 11.3 Å². The number of nitrogens with zero attached hydrogens (tertiary/aromatic N) is 4. The molecule has 0 saturated carbocycles. The van der Waals surface area contributed by atoms with Gasteiger partial charge in [0.2, 0.25) is 0 Å². The zero-order valence-corrected chi connectivity index (χ0v) is 23.9. The monoisotopic (exact) mass is 568 g/mol. The zero-order chi connectivity index (χ0) is 28.6. The number of hydrogen-bond acceptors (Lipinski definition) is 5. The molecule has 43 heavy (non-hydrogen) atoms. The first-order chi connectivity index (χ1) is 21.3. The van der Waals surface area contributed by atoms with Gasteiger partial charge in [0.1, 0.15) is 5.01 Å². The lowest BCUT2D eigenvalue weighted by Gasteiger charge is -2.11. The second-order valence-electron chi connectivity index (χ2n) is 10.3. The van der Waals surface area contributed by atoms with Gasteiger partial charge in [-0.25, -0.2) is 19.9 Å². The van der Waals surface area contributed by atoms with Crippen LogP contribution in [0.5, 0.6) is 0 Å². The molecule has 0 amide bonds.